The van der Waals surface area contributed by atoms with Gasteiger partial charge in [0.2, 0.25) is 5.91 Å². The summed E-state index contributed by atoms with van der Waals surface area (Å²) in [7, 11) is -2.79. The van der Waals surface area contributed by atoms with Gasteiger partial charge in [0.1, 0.15) is 4.90 Å². The summed E-state index contributed by atoms with van der Waals surface area (Å²) < 4.78 is 36.7. The van der Waals surface area contributed by atoms with Crippen molar-refractivity contribution in [1.29, 1.82) is 0 Å². The van der Waals surface area contributed by atoms with E-state index in [1.165, 1.54) is 38.3 Å². The van der Waals surface area contributed by atoms with E-state index in [9.17, 15) is 18.0 Å². The zero-order valence-electron chi connectivity index (χ0n) is 20.4. The molecule has 0 spiro atoms. The second-order valence-electron chi connectivity index (χ2n) is 8.84. The molecular weight excluding hydrogens is 516 g/mol. The number of methoxy groups -OCH3 is 1. The first-order valence-corrected chi connectivity index (χ1v) is 13.5. The molecule has 8 nitrogen and oxygen atoms in total. The number of amides is 2. The number of anilines is 1. The summed E-state index contributed by atoms with van der Waals surface area (Å²) in [6.45, 7) is 2.18. The molecule has 1 aliphatic rings. The van der Waals surface area contributed by atoms with E-state index in [1.54, 1.807) is 47.4 Å². The Balaban J connectivity index is 1.58. The van der Waals surface area contributed by atoms with Crippen molar-refractivity contribution in [3.8, 4) is 11.5 Å². The number of carbonyl (C=O) groups is 2. The molecule has 0 aliphatic heterocycles. The van der Waals surface area contributed by atoms with Crippen LogP contribution in [-0.4, -0.2) is 38.8 Å². The maximum absolute atomic E-state index is 13.3. The first-order chi connectivity index (χ1) is 17.7. The number of nitrogens with one attached hydrogen (secondary N) is 1. The number of ether oxygens (including phenoxy) is 1. The second-order valence-corrected chi connectivity index (χ2v) is 10.8. The van der Waals surface area contributed by atoms with Crippen LogP contribution in [-0.2, 0) is 21.5 Å². The lowest BCUT2D eigenvalue weighted by Gasteiger charge is -2.24. The number of hydrogen-bond acceptors (Lipinski definition) is 6. The highest BCUT2D eigenvalue weighted by atomic mass is 35.5. The number of carbonyl (C=O) groups excluding carboxylic acids is 2. The molecule has 0 heterocycles. The lowest BCUT2D eigenvalue weighted by atomic mass is 10.1. The molecule has 37 heavy (non-hydrogen) atoms. The van der Waals surface area contributed by atoms with Crippen molar-refractivity contribution in [2.45, 2.75) is 31.2 Å². The number of rotatable bonds is 10. The fourth-order valence-corrected chi connectivity index (χ4v) is 4.96. The lowest BCUT2D eigenvalue weighted by molar-refractivity contribution is -0.114. The van der Waals surface area contributed by atoms with Crippen molar-refractivity contribution in [3.05, 3.63) is 82.9 Å². The van der Waals surface area contributed by atoms with Crippen LogP contribution < -0.4 is 14.2 Å². The van der Waals surface area contributed by atoms with Crippen molar-refractivity contribution in [3.63, 3.8) is 0 Å². The molecule has 0 unspecified atom stereocenters. The van der Waals surface area contributed by atoms with Crippen LogP contribution in [0.3, 0.4) is 0 Å². The van der Waals surface area contributed by atoms with Crippen LogP contribution in [0.4, 0.5) is 5.69 Å². The fraction of sp³-hybridized carbons (Fsp3) is 0.259. The SMILES string of the molecule is COc1ccc(CN(CC2CC2)C(=O)c2ccccc2Cl)cc1OS(=O)(=O)c1ccc(NC(C)=O)cc1. The summed E-state index contributed by atoms with van der Waals surface area (Å²) >= 11 is 6.28. The van der Waals surface area contributed by atoms with Crippen molar-refractivity contribution in [2.24, 2.45) is 5.92 Å². The van der Waals surface area contributed by atoms with Crippen LogP contribution in [0.2, 0.25) is 5.02 Å². The van der Waals surface area contributed by atoms with E-state index in [4.69, 9.17) is 20.5 Å². The van der Waals surface area contributed by atoms with E-state index < -0.39 is 10.1 Å². The summed E-state index contributed by atoms with van der Waals surface area (Å²) in [5, 5.41) is 2.96. The molecule has 3 aromatic rings. The molecule has 1 saturated carbocycles. The molecule has 194 valence electrons. The number of halogens is 1. The fourth-order valence-electron chi connectivity index (χ4n) is 3.82. The third-order valence-corrected chi connectivity index (χ3v) is 7.41. The van der Waals surface area contributed by atoms with E-state index in [0.29, 0.717) is 34.3 Å². The number of benzene rings is 3. The second kappa shape index (κ2) is 11.2. The van der Waals surface area contributed by atoms with Crippen LogP contribution in [0.15, 0.2) is 71.6 Å². The van der Waals surface area contributed by atoms with Crippen molar-refractivity contribution in [2.75, 3.05) is 19.0 Å². The molecule has 0 bridgehead atoms. The summed E-state index contributed by atoms with van der Waals surface area (Å²) in [6.07, 6.45) is 2.12. The highest BCUT2D eigenvalue weighted by Crippen LogP contribution is 2.34. The van der Waals surface area contributed by atoms with E-state index in [-0.39, 0.29) is 34.8 Å². The molecule has 3 aromatic carbocycles. The molecule has 0 aromatic heterocycles. The molecule has 2 amide bonds. The van der Waals surface area contributed by atoms with E-state index in [2.05, 4.69) is 5.32 Å². The van der Waals surface area contributed by atoms with Gasteiger partial charge < -0.3 is 19.1 Å². The zero-order chi connectivity index (χ0) is 26.6. The molecule has 1 fully saturated rings. The Kier molecular flexibility index (Phi) is 8.04. The van der Waals surface area contributed by atoms with Gasteiger partial charge in [0.25, 0.3) is 5.91 Å². The van der Waals surface area contributed by atoms with Gasteiger partial charge in [0, 0.05) is 25.7 Å². The van der Waals surface area contributed by atoms with Gasteiger partial charge in [-0.25, -0.2) is 0 Å². The Labute approximate surface area is 221 Å². The molecule has 4 rings (SSSR count). The average Bonchev–Trinajstić information content (AvgIpc) is 3.68. The quantitative estimate of drug-likeness (QED) is 0.356. The first kappa shape index (κ1) is 26.5. The van der Waals surface area contributed by atoms with Crippen molar-refractivity contribution in [1.82, 2.24) is 4.90 Å². The predicted molar refractivity (Wildman–Crippen MR) is 140 cm³/mol. The monoisotopic (exact) mass is 542 g/mol. The third-order valence-electron chi connectivity index (χ3n) is 5.83. The van der Waals surface area contributed by atoms with E-state index in [0.717, 1.165) is 12.8 Å². The average molecular weight is 543 g/mol. The Morgan fingerprint density at radius 3 is 2.35 bits per heavy atom. The molecule has 1 N–H and O–H groups in total. The molecule has 1 aliphatic carbocycles. The molecule has 10 heteroatoms. The van der Waals surface area contributed by atoms with Crippen molar-refractivity contribution < 1.29 is 26.9 Å². The summed E-state index contributed by atoms with van der Waals surface area (Å²) in [5.41, 5.74) is 1.55. The first-order valence-electron chi connectivity index (χ1n) is 11.7. The van der Waals surface area contributed by atoms with Crippen LogP contribution in [0.1, 0.15) is 35.7 Å². The minimum atomic E-state index is -4.20. The van der Waals surface area contributed by atoms with Gasteiger partial charge >= 0.3 is 10.1 Å². The highest BCUT2D eigenvalue weighted by Gasteiger charge is 2.28. The van der Waals surface area contributed by atoms with Crippen LogP contribution >= 0.6 is 11.6 Å². The van der Waals surface area contributed by atoms with Crippen LogP contribution in [0, 0.1) is 5.92 Å². The summed E-state index contributed by atoms with van der Waals surface area (Å²) in [6, 6.07) is 17.5. The lowest BCUT2D eigenvalue weighted by Crippen LogP contribution is -2.32. The minimum Gasteiger partial charge on any atom is -0.493 e. The largest absolute Gasteiger partial charge is 0.493 e. The van der Waals surface area contributed by atoms with Gasteiger partial charge in [-0.15, -0.1) is 0 Å². The van der Waals surface area contributed by atoms with Gasteiger partial charge in [-0.2, -0.15) is 8.42 Å². The van der Waals surface area contributed by atoms with Gasteiger partial charge in [-0.05, 0) is 72.9 Å². The van der Waals surface area contributed by atoms with Crippen LogP contribution in [0.25, 0.3) is 0 Å². The Morgan fingerprint density at radius 1 is 1.03 bits per heavy atom. The maximum Gasteiger partial charge on any atom is 0.339 e. The summed E-state index contributed by atoms with van der Waals surface area (Å²) in [4.78, 5) is 26.2. The summed E-state index contributed by atoms with van der Waals surface area (Å²) in [5.74, 6) is 0.205. The molecule has 0 atom stereocenters. The van der Waals surface area contributed by atoms with Gasteiger partial charge in [-0.1, -0.05) is 29.8 Å². The number of nitrogens with zero attached hydrogens (tertiary/aromatic N) is 1. The predicted octanol–water partition coefficient (Wildman–Crippen LogP) is 5.13. The normalized spacial score (nSPS) is 13.1. The van der Waals surface area contributed by atoms with E-state index in [1.807, 2.05) is 0 Å². The molecule has 0 radical (unpaired) electrons. The Morgan fingerprint density at radius 2 is 1.73 bits per heavy atom. The van der Waals surface area contributed by atoms with Gasteiger partial charge in [0.05, 0.1) is 17.7 Å². The number of hydrogen-bond donors (Lipinski definition) is 1. The standard InChI is InChI=1S/C27H27ClN2O6S/c1-18(31)29-21-10-12-22(13-11-21)37(33,34)36-26-15-20(9-14-25(26)35-2)17-30(16-19-7-8-19)27(32)23-5-3-4-6-24(23)28/h3-6,9-15,19H,7-8,16-17H2,1-2H3,(H,29,31). The highest BCUT2D eigenvalue weighted by molar-refractivity contribution is 7.87. The smallest absolute Gasteiger partial charge is 0.339 e. The molecule has 0 saturated heterocycles. The molecular formula is C27H27ClN2O6S. The van der Waals surface area contributed by atoms with Crippen LogP contribution in [0.5, 0.6) is 11.5 Å². The van der Waals surface area contributed by atoms with E-state index >= 15 is 0 Å². The van der Waals surface area contributed by atoms with Crippen molar-refractivity contribution >= 4 is 39.2 Å². The minimum absolute atomic E-state index is 0.00232. The Bertz CT molecular complexity index is 1400. The topological polar surface area (TPSA) is 102 Å². The van der Waals surface area contributed by atoms with Gasteiger partial charge in [-0.3, -0.25) is 9.59 Å². The van der Waals surface area contributed by atoms with Gasteiger partial charge in [0.15, 0.2) is 11.5 Å². The Hall–Kier alpha value is -3.56. The maximum atomic E-state index is 13.3. The third kappa shape index (κ3) is 6.81. The zero-order valence-corrected chi connectivity index (χ0v) is 22.0.